The molecule has 0 bridgehead atoms. The van der Waals surface area contributed by atoms with Crippen LogP contribution >= 0.6 is 12.4 Å². The maximum atomic E-state index is 12.5. The van der Waals surface area contributed by atoms with Gasteiger partial charge in [-0.3, -0.25) is 9.59 Å². The van der Waals surface area contributed by atoms with E-state index in [0.717, 1.165) is 12.0 Å². The maximum absolute atomic E-state index is 12.5. The lowest BCUT2D eigenvalue weighted by molar-refractivity contribution is -0.119. The molecule has 0 saturated heterocycles. The van der Waals surface area contributed by atoms with Crippen LogP contribution in [0.15, 0.2) is 48.5 Å². The fourth-order valence-electron chi connectivity index (χ4n) is 3.09. The van der Waals surface area contributed by atoms with Gasteiger partial charge in [0.2, 0.25) is 5.91 Å². The SMILES string of the molecule is Cl.NCCNC(=O)c1ccccc1NC(=O)CC1OCCc2ccccc21. The van der Waals surface area contributed by atoms with E-state index in [9.17, 15) is 9.59 Å². The third-order valence-corrected chi connectivity index (χ3v) is 4.34. The molecular weight excluding hydrogens is 366 g/mol. The number of para-hydroxylation sites is 1. The minimum absolute atomic E-state index is 0. The van der Waals surface area contributed by atoms with E-state index < -0.39 is 0 Å². The first-order valence-corrected chi connectivity index (χ1v) is 8.75. The number of rotatable bonds is 6. The summed E-state index contributed by atoms with van der Waals surface area (Å²) in [5, 5.41) is 5.55. The lowest BCUT2D eigenvalue weighted by atomic mass is 9.95. The van der Waals surface area contributed by atoms with Gasteiger partial charge in [0.05, 0.1) is 30.4 Å². The number of nitrogens with one attached hydrogen (secondary N) is 2. The van der Waals surface area contributed by atoms with Gasteiger partial charge >= 0.3 is 0 Å². The number of fused-ring (bicyclic) bond motifs is 1. The lowest BCUT2D eigenvalue weighted by Gasteiger charge is -2.25. The van der Waals surface area contributed by atoms with Crippen molar-refractivity contribution in [1.29, 1.82) is 0 Å². The summed E-state index contributed by atoms with van der Waals surface area (Å²) >= 11 is 0. The molecular formula is C20H24ClN3O3. The molecule has 3 rings (SSSR count). The predicted molar refractivity (Wildman–Crippen MR) is 107 cm³/mol. The number of amides is 2. The van der Waals surface area contributed by atoms with E-state index in [1.807, 2.05) is 18.2 Å². The molecule has 7 heteroatoms. The van der Waals surface area contributed by atoms with Crippen LogP contribution in [0.25, 0.3) is 0 Å². The largest absolute Gasteiger partial charge is 0.373 e. The number of hydrogen-bond donors (Lipinski definition) is 3. The van der Waals surface area contributed by atoms with Gasteiger partial charge < -0.3 is 21.1 Å². The molecule has 1 aliphatic rings. The Kier molecular flexibility index (Phi) is 7.79. The molecule has 1 atom stereocenters. The Balaban J connectivity index is 0.00000261. The molecule has 2 amide bonds. The molecule has 2 aromatic carbocycles. The van der Waals surface area contributed by atoms with Crippen LogP contribution in [0.3, 0.4) is 0 Å². The van der Waals surface area contributed by atoms with Crippen LogP contribution in [0, 0.1) is 0 Å². The van der Waals surface area contributed by atoms with Crippen molar-refractivity contribution >= 4 is 29.9 Å². The number of hydrogen-bond acceptors (Lipinski definition) is 4. The molecule has 144 valence electrons. The molecule has 0 spiro atoms. The number of nitrogens with two attached hydrogens (primary N) is 1. The Hall–Kier alpha value is -2.41. The molecule has 0 saturated carbocycles. The third kappa shape index (κ3) is 5.29. The summed E-state index contributed by atoms with van der Waals surface area (Å²) in [6.07, 6.45) is 0.798. The van der Waals surface area contributed by atoms with E-state index in [-0.39, 0.29) is 36.7 Å². The van der Waals surface area contributed by atoms with Crippen molar-refractivity contribution < 1.29 is 14.3 Å². The molecule has 6 nitrogen and oxygen atoms in total. The second-order valence-electron chi connectivity index (χ2n) is 6.15. The highest BCUT2D eigenvalue weighted by atomic mass is 35.5. The summed E-state index contributed by atoms with van der Waals surface area (Å²) in [6.45, 7) is 1.35. The summed E-state index contributed by atoms with van der Waals surface area (Å²) in [7, 11) is 0. The molecule has 0 fully saturated rings. The van der Waals surface area contributed by atoms with Gasteiger partial charge in [0, 0.05) is 13.1 Å². The van der Waals surface area contributed by atoms with Crippen LogP contribution in [0.5, 0.6) is 0 Å². The topological polar surface area (TPSA) is 93.5 Å². The quantitative estimate of drug-likeness (QED) is 0.707. The molecule has 4 N–H and O–H groups in total. The van der Waals surface area contributed by atoms with Gasteiger partial charge in [0.1, 0.15) is 0 Å². The standard InChI is InChI=1S/C20H23N3O3.ClH/c21-10-11-22-20(25)16-7-3-4-8-17(16)23-19(24)13-18-15-6-2-1-5-14(15)9-12-26-18;/h1-8,18H,9-13,21H2,(H,22,25)(H,23,24);1H. The highest BCUT2D eigenvalue weighted by molar-refractivity contribution is 6.03. The summed E-state index contributed by atoms with van der Waals surface area (Å²) < 4.78 is 5.79. The number of ether oxygens (including phenoxy) is 1. The maximum Gasteiger partial charge on any atom is 0.253 e. The van der Waals surface area contributed by atoms with Gasteiger partial charge in [-0.15, -0.1) is 12.4 Å². The molecule has 27 heavy (non-hydrogen) atoms. The van der Waals surface area contributed by atoms with Gasteiger partial charge in [-0.25, -0.2) is 0 Å². The number of benzene rings is 2. The monoisotopic (exact) mass is 389 g/mol. The lowest BCUT2D eigenvalue weighted by Crippen LogP contribution is -2.30. The first-order valence-electron chi connectivity index (χ1n) is 8.75. The van der Waals surface area contributed by atoms with Crippen molar-refractivity contribution in [2.75, 3.05) is 25.0 Å². The Morgan fingerprint density at radius 3 is 2.67 bits per heavy atom. The second-order valence-corrected chi connectivity index (χ2v) is 6.15. The molecule has 0 aromatic heterocycles. The van der Waals surface area contributed by atoms with Crippen LogP contribution in [-0.2, 0) is 16.0 Å². The third-order valence-electron chi connectivity index (χ3n) is 4.34. The molecule has 2 aromatic rings. The van der Waals surface area contributed by atoms with E-state index in [4.69, 9.17) is 10.5 Å². The van der Waals surface area contributed by atoms with E-state index in [1.54, 1.807) is 24.3 Å². The number of halogens is 1. The molecule has 0 radical (unpaired) electrons. The molecule has 1 unspecified atom stereocenters. The summed E-state index contributed by atoms with van der Waals surface area (Å²) in [4.78, 5) is 24.8. The zero-order chi connectivity index (χ0) is 18.4. The summed E-state index contributed by atoms with van der Waals surface area (Å²) in [6, 6.07) is 14.9. The molecule has 0 aliphatic carbocycles. The zero-order valence-corrected chi connectivity index (χ0v) is 15.8. The first-order chi connectivity index (χ1) is 12.7. The Bertz CT molecular complexity index is 798. The first kappa shape index (κ1) is 20.9. The Labute approximate surface area is 164 Å². The van der Waals surface area contributed by atoms with Gasteiger partial charge in [-0.05, 0) is 29.7 Å². The summed E-state index contributed by atoms with van der Waals surface area (Å²) in [5.41, 5.74) is 8.60. The van der Waals surface area contributed by atoms with E-state index in [1.165, 1.54) is 5.56 Å². The van der Waals surface area contributed by atoms with Gasteiger partial charge in [0.25, 0.3) is 5.91 Å². The number of carbonyl (C=O) groups excluding carboxylic acids is 2. The van der Waals surface area contributed by atoms with Crippen LogP contribution in [-0.4, -0.2) is 31.5 Å². The fraction of sp³-hybridized carbons (Fsp3) is 0.300. The van der Waals surface area contributed by atoms with Crippen molar-refractivity contribution in [2.24, 2.45) is 5.73 Å². The van der Waals surface area contributed by atoms with Gasteiger partial charge in [0.15, 0.2) is 0 Å². The van der Waals surface area contributed by atoms with Crippen molar-refractivity contribution in [1.82, 2.24) is 5.32 Å². The average molecular weight is 390 g/mol. The van der Waals surface area contributed by atoms with Crippen LogP contribution < -0.4 is 16.4 Å². The van der Waals surface area contributed by atoms with E-state index in [0.29, 0.717) is 30.9 Å². The fourth-order valence-corrected chi connectivity index (χ4v) is 3.09. The second kappa shape index (κ2) is 10.1. The average Bonchev–Trinajstić information content (AvgIpc) is 2.67. The van der Waals surface area contributed by atoms with Crippen LogP contribution in [0.4, 0.5) is 5.69 Å². The highest BCUT2D eigenvalue weighted by Gasteiger charge is 2.23. The minimum atomic E-state index is -0.266. The van der Waals surface area contributed by atoms with Gasteiger partial charge in [-0.2, -0.15) is 0 Å². The molecule has 1 aliphatic heterocycles. The van der Waals surface area contributed by atoms with Crippen molar-refractivity contribution in [3.05, 3.63) is 65.2 Å². The number of carbonyl (C=O) groups is 2. The van der Waals surface area contributed by atoms with Crippen LogP contribution in [0.2, 0.25) is 0 Å². The molecule has 1 heterocycles. The van der Waals surface area contributed by atoms with Crippen LogP contribution in [0.1, 0.15) is 34.0 Å². The minimum Gasteiger partial charge on any atom is -0.373 e. The summed E-state index contributed by atoms with van der Waals surface area (Å²) in [5.74, 6) is -0.448. The normalized spacial score (nSPS) is 15.2. The number of anilines is 1. The zero-order valence-electron chi connectivity index (χ0n) is 14.9. The van der Waals surface area contributed by atoms with E-state index >= 15 is 0 Å². The van der Waals surface area contributed by atoms with Gasteiger partial charge in [-0.1, -0.05) is 36.4 Å². The smallest absolute Gasteiger partial charge is 0.253 e. The van der Waals surface area contributed by atoms with Crippen molar-refractivity contribution in [3.63, 3.8) is 0 Å². The Morgan fingerprint density at radius 1 is 1.11 bits per heavy atom. The van der Waals surface area contributed by atoms with E-state index in [2.05, 4.69) is 16.7 Å². The Morgan fingerprint density at radius 2 is 1.85 bits per heavy atom. The highest BCUT2D eigenvalue weighted by Crippen LogP contribution is 2.30. The van der Waals surface area contributed by atoms with Crippen molar-refractivity contribution in [3.8, 4) is 0 Å². The predicted octanol–water partition coefficient (Wildman–Crippen LogP) is 2.44. The van der Waals surface area contributed by atoms with Crippen molar-refractivity contribution in [2.45, 2.75) is 18.9 Å².